The van der Waals surface area contributed by atoms with Crippen LogP contribution in [0.3, 0.4) is 0 Å². The van der Waals surface area contributed by atoms with Gasteiger partial charge in [-0.15, -0.1) is 0 Å². The van der Waals surface area contributed by atoms with Crippen molar-refractivity contribution < 1.29 is 17.9 Å². The van der Waals surface area contributed by atoms with Crippen LogP contribution in [0.15, 0.2) is 24.3 Å². The van der Waals surface area contributed by atoms with E-state index in [4.69, 9.17) is 4.74 Å². The van der Waals surface area contributed by atoms with Gasteiger partial charge in [0, 0.05) is 19.6 Å². The number of carbonyl (C=O) groups excluding carboxylic acids is 1. The molecule has 2 N–H and O–H groups in total. The predicted octanol–water partition coefficient (Wildman–Crippen LogP) is 0.801. The summed E-state index contributed by atoms with van der Waals surface area (Å²) >= 11 is 0. The molecule has 0 saturated carbocycles. The van der Waals surface area contributed by atoms with Crippen molar-refractivity contribution in [2.75, 3.05) is 20.7 Å². The Hall–Kier alpha value is -1.64. The van der Waals surface area contributed by atoms with Gasteiger partial charge in [0.15, 0.2) is 0 Å². The van der Waals surface area contributed by atoms with E-state index in [0.717, 1.165) is 16.3 Å². The number of amides is 1. The average Bonchev–Trinajstić information content (AvgIpc) is 2.55. The molecule has 1 fully saturated rings. The molecule has 2 unspecified atom stereocenters. The molecule has 0 aromatic heterocycles. The standard InChI is InChI=1S/C15H23N3O4S/c1-4-9-16-15(19)14-10-13(17-23(20,21)18(14)2)11-5-7-12(22-3)8-6-11/h5-8,13-14,17H,4,9-10H2,1-3H3,(H,16,19). The van der Waals surface area contributed by atoms with Gasteiger partial charge in [0.1, 0.15) is 11.8 Å². The van der Waals surface area contributed by atoms with Crippen LogP contribution in [0.5, 0.6) is 5.75 Å². The summed E-state index contributed by atoms with van der Waals surface area (Å²) in [5.74, 6) is 0.430. The van der Waals surface area contributed by atoms with Crippen LogP contribution in [-0.2, 0) is 15.0 Å². The Morgan fingerprint density at radius 2 is 2.04 bits per heavy atom. The quantitative estimate of drug-likeness (QED) is 0.829. The third-order valence-electron chi connectivity index (χ3n) is 3.94. The zero-order valence-corrected chi connectivity index (χ0v) is 14.4. The molecule has 0 aliphatic carbocycles. The number of nitrogens with one attached hydrogen (secondary N) is 2. The fourth-order valence-corrected chi connectivity index (χ4v) is 3.80. The molecule has 23 heavy (non-hydrogen) atoms. The fraction of sp³-hybridized carbons (Fsp3) is 0.533. The van der Waals surface area contributed by atoms with Crippen LogP contribution in [0.25, 0.3) is 0 Å². The Balaban J connectivity index is 2.22. The van der Waals surface area contributed by atoms with Crippen molar-refractivity contribution in [1.29, 1.82) is 0 Å². The average molecular weight is 341 g/mol. The largest absolute Gasteiger partial charge is 0.497 e. The monoisotopic (exact) mass is 341 g/mol. The topological polar surface area (TPSA) is 87.7 Å². The molecular formula is C15H23N3O4S. The van der Waals surface area contributed by atoms with E-state index in [1.165, 1.54) is 7.05 Å². The molecule has 1 aliphatic rings. The summed E-state index contributed by atoms with van der Waals surface area (Å²) in [6.07, 6.45) is 1.17. The SMILES string of the molecule is CCCNC(=O)C1CC(c2ccc(OC)cc2)NS(=O)(=O)N1C. The third kappa shape index (κ3) is 4.01. The molecule has 1 heterocycles. The highest BCUT2D eigenvalue weighted by atomic mass is 32.2. The molecule has 1 aliphatic heterocycles. The molecule has 1 saturated heterocycles. The first kappa shape index (κ1) is 17.7. The van der Waals surface area contributed by atoms with Crippen molar-refractivity contribution in [3.63, 3.8) is 0 Å². The van der Waals surface area contributed by atoms with Crippen molar-refractivity contribution in [1.82, 2.24) is 14.3 Å². The number of ether oxygens (including phenoxy) is 1. The smallest absolute Gasteiger partial charge is 0.280 e. The Labute approximate surface area is 137 Å². The summed E-state index contributed by atoms with van der Waals surface area (Å²) in [5, 5.41) is 2.77. The van der Waals surface area contributed by atoms with Gasteiger partial charge in [0.2, 0.25) is 5.91 Å². The number of benzene rings is 1. The van der Waals surface area contributed by atoms with Crippen molar-refractivity contribution in [3.05, 3.63) is 29.8 Å². The number of nitrogens with zero attached hydrogens (tertiary/aromatic N) is 1. The van der Waals surface area contributed by atoms with Crippen LogP contribution in [0.1, 0.15) is 31.4 Å². The van der Waals surface area contributed by atoms with Crippen molar-refractivity contribution >= 4 is 16.1 Å². The molecule has 7 nitrogen and oxygen atoms in total. The highest BCUT2D eigenvalue weighted by molar-refractivity contribution is 7.87. The summed E-state index contributed by atoms with van der Waals surface area (Å²) in [6, 6.07) is 5.98. The Morgan fingerprint density at radius 3 is 2.61 bits per heavy atom. The molecule has 0 radical (unpaired) electrons. The second kappa shape index (κ2) is 7.29. The number of hydrogen-bond donors (Lipinski definition) is 2. The maximum absolute atomic E-state index is 12.3. The van der Waals surface area contributed by atoms with Crippen LogP contribution >= 0.6 is 0 Å². The summed E-state index contributed by atoms with van der Waals surface area (Å²) in [7, 11) is -0.712. The van der Waals surface area contributed by atoms with Gasteiger partial charge < -0.3 is 10.1 Å². The lowest BCUT2D eigenvalue weighted by atomic mass is 9.99. The number of hydrogen-bond acceptors (Lipinski definition) is 4. The predicted molar refractivity (Wildman–Crippen MR) is 87.3 cm³/mol. The van der Waals surface area contributed by atoms with Gasteiger partial charge in [-0.2, -0.15) is 17.4 Å². The lowest BCUT2D eigenvalue weighted by Crippen LogP contribution is -2.57. The van der Waals surface area contributed by atoms with E-state index in [9.17, 15) is 13.2 Å². The lowest BCUT2D eigenvalue weighted by Gasteiger charge is -2.36. The first-order valence-electron chi connectivity index (χ1n) is 7.56. The van der Waals surface area contributed by atoms with E-state index < -0.39 is 22.3 Å². The fourth-order valence-electron chi connectivity index (χ4n) is 2.53. The Bertz CT molecular complexity index is 645. The summed E-state index contributed by atoms with van der Waals surface area (Å²) in [4.78, 5) is 12.3. The maximum Gasteiger partial charge on any atom is 0.280 e. The van der Waals surface area contributed by atoms with Crippen LogP contribution in [0.2, 0.25) is 0 Å². The number of likely N-dealkylation sites (N-methyl/N-ethyl adjacent to an activating group) is 1. The molecule has 0 spiro atoms. The molecule has 1 aromatic rings. The molecule has 0 bridgehead atoms. The van der Waals surface area contributed by atoms with Gasteiger partial charge in [-0.25, -0.2) is 0 Å². The molecule has 2 rings (SSSR count). The number of rotatable bonds is 5. The van der Waals surface area contributed by atoms with Gasteiger partial charge in [-0.3, -0.25) is 4.79 Å². The van der Waals surface area contributed by atoms with Crippen molar-refractivity contribution in [3.8, 4) is 5.75 Å². The van der Waals surface area contributed by atoms with Crippen molar-refractivity contribution in [2.45, 2.75) is 31.8 Å². The summed E-state index contributed by atoms with van der Waals surface area (Å²) in [6.45, 7) is 2.48. The minimum Gasteiger partial charge on any atom is -0.497 e. The van der Waals surface area contributed by atoms with E-state index in [1.807, 2.05) is 6.92 Å². The van der Waals surface area contributed by atoms with Crippen molar-refractivity contribution in [2.24, 2.45) is 0 Å². The van der Waals surface area contributed by atoms with E-state index in [0.29, 0.717) is 18.7 Å². The normalized spacial score (nSPS) is 24.1. The van der Waals surface area contributed by atoms with Gasteiger partial charge in [-0.05, 0) is 30.5 Å². The maximum atomic E-state index is 12.3. The Kier molecular flexibility index (Phi) is 5.61. The highest BCUT2D eigenvalue weighted by Gasteiger charge is 2.40. The van der Waals surface area contributed by atoms with Gasteiger partial charge >= 0.3 is 0 Å². The summed E-state index contributed by atoms with van der Waals surface area (Å²) < 4.78 is 33.4. The Morgan fingerprint density at radius 1 is 1.39 bits per heavy atom. The van der Waals surface area contributed by atoms with Gasteiger partial charge in [0.05, 0.1) is 7.11 Å². The molecule has 2 atom stereocenters. The molecule has 128 valence electrons. The van der Waals surface area contributed by atoms with Gasteiger partial charge in [0.25, 0.3) is 10.2 Å². The first-order chi connectivity index (χ1) is 10.9. The molecule has 8 heteroatoms. The van der Waals surface area contributed by atoms with E-state index in [2.05, 4.69) is 10.0 Å². The lowest BCUT2D eigenvalue weighted by molar-refractivity contribution is -0.125. The molecule has 1 amide bonds. The van der Waals surface area contributed by atoms with E-state index in [1.54, 1.807) is 31.4 Å². The third-order valence-corrected chi connectivity index (χ3v) is 5.53. The number of carbonyl (C=O) groups is 1. The highest BCUT2D eigenvalue weighted by Crippen LogP contribution is 2.28. The van der Waals surface area contributed by atoms with E-state index in [-0.39, 0.29) is 5.91 Å². The zero-order valence-electron chi connectivity index (χ0n) is 13.6. The zero-order chi connectivity index (χ0) is 17.0. The molecule has 1 aromatic carbocycles. The second-order valence-electron chi connectivity index (χ2n) is 5.51. The first-order valence-corrected chi connectivity index (χ1v) is 9.00. The van der Waals surface area contributed by atoms with Crippen LogP contribution in [0.4, 0.5) is 0 Å². The minimum absolute atomic E-state index is 0.266. The number of methoxy groups -OCH3 is 1. The molecular weight excluding hydrogens is 318 g/mol. The van der Waals surface area contributed by atoms with E-state index >= 15 is 0 Å². The minimum atomic E-state index is -3.70. The summed E-state index contributed by atoms with van der Waals surface area (Å²) in [5.41, 5.74) is 0.802. The van der Waals surface area contributed by atoms with Gasteiger partial charge in [-0.1, -0.05) is 19.1 Å². The second-order valence-corrected chi connectivity index (χ2v) is 7.27. The van der Waals surface area contributed by atoms with Crippen LogP contribution < -0.4 is 14.8 Å². The van der Waals surface area contributed by atoms with Crippen LogP contribution in [0, 0.1) is 0 Å². The van der Waals surface area contributed by atoms with Crippen LogP contribution in [-0.4, -0.2) is 45.4 Å².